The first-order valence-electron chi connectivity index (χ1n) is 13.0. The van der Waals surface area contributed by atoms with Crippen molar-refractivity contribution in [1.82, 2.24) is 30.5 Å². The fraction of sp³-hybridized carbons (Fsp3) is 0.357. The summed E-state index contributed by atoms with van der Waals surface area (Å²) >= 11 is 0. The van der Waals surface area contributed by atoms with E-state index in [1.807, 2.05) is 37.3 Å². The molecular formula is C28H31N7O3. The lowest BCUT2D eigenvalue weighted by Crippen LogP contribution is -2.47. The van der Waals surface area contributed by atoms with E-state index in [4.69, 9.17) is 4.42 Å². The minimum Gasteiger partial charge on any atom is -0.458 e. The summed E-state index contributed by atoms with van der Waals surface area (Å²) in [7, 11) is 0. The van der Waals surface area contributed by atoms with Gasteiger partial charge in [0.05, 0.1) is 0 Å². The molecule has 196 valence electrons. The zero-order valence-electron chi connectivity index (χ0n) is 21.6. The van der Waals surface area contributed by atoms with Gasteiger partial charge in [-0.1, -0.05) is 31.9 Å². The van der Waals surface area contributed by atoms with Gasteiger partial charge in [0.15, 0.2) is 5.76 Å². The number of aromatic nitrogens is 5. The monoisotopic (exact) mass is 513 g/mol. The second-order valence-electron chi connectivity index (χ2n) is 9.51. The summed E-state index contributed by atoms with van der Waals surface area (Å²) in [6.07, 6.45) is 8.16. The van der Waals surface area contributed by atoms with Crippen LogP contribution in [-0.2, 0) is 22.6 Å². The Morgan fingerprint density at radius 1 is 1.08 bits per heavy atom. The summed E-state index contributed by atoms with van der Waals surface area (Å²) in [5.74, 6) is 0.905. The molecule has 0 aliphatic heterocycles. The molecule has 1 fully saturated rings. The zero-order chi connectivity index (χ0) is 26.5. The van der Waals surface area contributed by atoms with Gasteiger partial charge in [0.1, 0.15) is 18.3 Å². The highest BCUT2D eigenvalue weighted by molar-refractivity contribution is 6.01. The number of tetrazole rings is 1. The van der Waals surface area contributed by atoms with Crippen LogP contribution in [0.25, 0.3) is 11.6 Å². The Morgan fingerprint density at radius 3 is 2.47 bits per heavy atom. The van der Waals surface area contributed by atoms with E-state index in [0.29, 0.717) is 17.0 Å². The number of furan rings is 1. The Bertz CT molecular complexity index is 1370. The molecule has 1 unspecified atom stereocenters. The lowest BCUT2D eigenvalue weighted by Gasteiger charge is -2.32. The number of benzene rings is 1. The molecule has 0 spiro atoms. The first kappa shape index (κ1) is 25.3. The fourth-order valence-electron chi connectivity index (χ4n) is 4.80. The molecule has 3 heterocycles. The zero-order valence-corrected chi connectivity index (χ0v) is 21.6. The van der Waals surface area contributed by atoms with Crippen molar-refractivity contribution in [2.24, 2.45) is 0 Å². The van der Waals surface area contributed by atoms with Gasteiger partial charge in [-0.15, -0.1) is 10.2 Å². The lowest BCUT2D eigenvalue weighted by atomic mass is 10.0. The molecule has 1 saturated carbocycles. The van der Waals surface area contributed by atoms with Gasteiger partial charge in [-0.05, 0) is 78.9 Å². The van der Waals surface area contributed by atoms with Crippen LogP contribution in [0.4, 0.5) is 5.69 Å². The first-order valence-corrected chi connectivity index (χ1v) is 13.0. The minimum atomic E-state index is -0.894. The van der Waals surface area contributed by atoms with Crippen LogP contribution >= 0.6 is 0 Å². The number of carbonyl (C=O) groups is 2. The summed E-state index contributed by atoms with van der Waals surface area (Å²) in [4.78, 5) is 34.6. The molecule has 1 aromatic carbocycles. The molecule has 10 nitrogen and oxygen atoms in total. The molecule has 38 heavy (non-hydrogen) atoms. The molecule has 0 bridgehead atoms. The number of amides is 2. The second kappa shape index (κ2) is 11.4. The third kappa shape index (κ3) is 5.64. The maximum atomic E-state index is 14.0. The highest BCUT2D eigenvalue weighted by Gasteiger charge is 2.34. The number of rotatable bonds is 9. The van der Waals surface area contributed by atoms with Crippen LogP contribution in [0.5, 0.6) is 0 Å². The van der Waals surface area contributed by atoms with Crippen LogP contribution in [0.1, 0.15) is 55.5 Å². The molecule has 3 aromatic heterocycles. The van der Waals surface area contributed by atoms with Gasteiger partial charge in [-0.2, -0.15) is 4.80 Å². The standard InChI is InChI=1S/C28H31N7O3/c1-3-20-9-11-23(12-10-20)35(25(36)18-34-32-27(31-33-34)24-13-8-19(2)38-24)26(21-14-16-29-17-15-21)28(37)30-22-6-4-5-7-22/h8-17,22,26H,3-7,18H2,1-2H3,(H,30,37). The highest BCUT2D eigenvalue weighted by Crippen LogP contribution is 2.30. The van der Waals surface area contributed by atoms with Crippen molar-refractivity contribution in [2.45, 2.75) is 64.6 Å². The van der Waals surface area contributed by atoms with Crippen molar-refractivity contribution >= 4 is 17.5 Å². The van der Waals surface area contributed by atoms with Crippen molar-refractivity contribution < 1.29 is 14.0 Å². The average molecular weight is 514 g/mol. The van der Waals surface area contributed by atoms with Gasteiger partial charge in [-0.3, -0.25) is 19.5 Å². The number of hydrogen-bond donors (Lipinski definition) is 1. The van der Waals surface area contributed by atoms with E-state index in [9.17, 15) is 9.59 Å². The Morgan fingerprint density at radius 2 is 1.82 bits per heavy atom. The van der Waals surface area contributed by atoms with E-state index in [1.165, 1.54) is 9.70 Å². The average Bonchev–Trinajstić information content (AvgIpc) is 3.71. The number of hydrogen-bond acceptors (Lipinski definition) is 7. The smallest absolute Gasteiger partial charge is 0.251 e. The predicted molar refractivity (Wildman–Crippen MR) is 141 cm³/mol. The molecule has 0 saturated heterocycles. The Labute approximate surface area is 221 Å². The molecule has 5 rings (SSSR count). The molecule has 4 aromatic rings. The molecule has 1 N–H and O–H groups in total. The van der Waals surface area contributed by atoms with E-state index in [-0.39, 0.29) is 30.2 Å². The Hall–Kier alpha value is -4.34. The molecule has 1 aliphatic rings. The quantitative estimate of drug-likeness (QED) is 0.359. The van der Waals surface area contributed by atoms with Crippen molar-refractivity contribution in [3.8, 4) is 11.6 Å². The summed E-state index contributed by atoms with van der Waals surface area (Å²) in [6, 6.07) is 14.0. The van der Waals surface area contributed by atoms with Crippen LogP contribution < -0.4 is 10.2 Å². The van der Waals surface area contributed by atoms with Gasteiger partial charge in [0.25, 0.3) is 5.91 Å². The number of anilines is 1. The third-order valence-electron chi connectivity index (χ3n) is 6.81. The number of carbonyl (C=O) groups excluding carboxylic acids is 2. The third-order valence-corrected chi connectivity index (χ3v) is 6.81. The maximum absolute atomic E-state index is 14.0. The second-order valence-corrected chi connectivity index (χ2v) is 9.51. The van der Waals surface area contributed by atoms with Crippen LogP contribution in [0.15, 0.2) is 65.3 Å². The van der Waals surface area contributed by atoms with Crippen molar-refractivity contribution in [3.05, 3.63) is 77.8 Å². The highest BCUT2D eigenvalue weighted by atomic mass is 16.3. The van der Waals surface area contributed by atoms with E-state index in [0.717, 1.165) is 43.4 Å². The van der Waals surface area contributed by atoms with Crippen molar-refractivity contribution in [2.75, 3.05) is 4.90 Å². The van der Waals surface area contributed by atoms with Gasteiger partial charge in [0, 0.05) is 24.1 Å². The predicted octanol–water partition coefficient (Wildman–Crippen LogP) is 4.03. The van der Waals surface area contributed by atoms with Crippen LogP contribution in [0, 0.1) is 6.92 Å². The first-order chi connectivity index (χ1) is 18.5. The van der Waals surface area contributed by atoms with Gasteiger partial charge >= 0.3 is 0 Å². The Kier molecular flexibility index (Phi) is 7.57. The van der Waals surface area contributed by atoms with Crippen molar-refractivity contribution in [1.29, 1.82) is 0 Å². The van der Waals surface area contributed by atoms with E-state index in [2.05, 4.69) is 32.6 Å². The number of aryl methyl sites for hydroxylation is 2. The number of pyridine rings is 1. The number of nitrogens with zero attached hydrogens (tertiary/aromatic N) is 6. The van der Waals surface area contributed by atoms with Gasteiger partial charge < -0.3 is 9.73 Å². The molecule has 2 amide bonds. The van der Waals surface area contributed by atoms with Gasteiger partial charge in [-0.25, -0.2) is 0 Å². The lowest BCUT2D eigenvalue weighted by molar-refractivity contribution is -0.127. The molecule has 10 heteroatoms. The Balaban J connectivity index is 1.49. The van der Waals surface area contributed by atoms with E-state index < -0.39 is 6.04 Å². The van der Waals surface area contributed by atoms with Crippen LogP contribution in [0.2, 0.25) is 0 Å². The molecule has 1 aliphatic carbocycles. The number of nitrogens with one attached hydrogen (secondary N) is 1. The SMILES string of the molecule is CCc1ccc(N(C(=O)Cn2nnc(-c3ccc(C)o3)n2)C(C(=O)NC2CCCC2)c2ccncc2)cc1. The molecule has 1 atom stereocenters. The topological polar surface area (TPSA) is 119 Å². The summed E-state index contributed by atoms with van der Waals surface area (Å²) in [6.45, 7) is 3.69. The summed E-state index contributed by atoms with van der Waals surface area (Å²) < 4.78 is 5.58. The molecular weight excluding hydrogens is 482 g/mol. The van der Waals surface area contributed by atoms with Crippen LogP contribution in [-0.4, -0.2) is 43.0 Å². The fourth-order valence-corrected chi connectivity index (χ4v) is 4.80. The van der Waals surface area contributed by atoms with E-state index >= 15 is 0 Å². The largest absolute Gasteiger partial charge is 0.458 e. The van der Waals surface area contributed by atoms with Gasteiger partial charge in [0.2, 0.25) is 11.7 Å². The van der Waals surface area contributed by atoms with Crippen LogP contribution in [0.3, 0.4) is 0 Å². The summed E-state index contributed by atoms with van der Waals surface area (Å²) in [5, 5.41) is 15.6. The minimum absolute atomic E-state index is 0.0996. The maximum Gasteiger partial charge on any atom is 0.251 e. The van der Waals surface area contributed by atoms with Crippen molar-refractivity contribution in [3.63, 3.8) is 0 Å². The summed E-state index contributed by atoms with van der Waals surface area (Å²) in [5.41, 5.74) is 2.41. The normalized spacial score (nSPS) is 14.4. The molecule has 0 radical (unpaired) electrons. The van der Waals surface area contributed by atoms with E-state index in [1.54, 1.807) is 30.6 Å².